The fraction of sp³-hybridized carbons (Fsp3) is 0.450. The highest BCUT2D eigenvalue weighted by atomic mass is 35.5. The van der Waals surface area contributed by atoms with Crippen LogP contribution in [-0.2, 0) is 11.3 Å². The second-order valence-corrected chi connectivity index (χ2v) is 7.66. The first-order chi connectivity index (χ1) is 11.7. The predicted octanol–water partition coefficient (Wildman–Crippen LogP) is 4.79. The van der Waals surface area contributed by atoms with Gasteiger partial charge in [-0.15, -0.1) is 23.7 Å². The van der Waals surface area contributed by atoms with Gasteiger partial charge in [0, 0.05) is 17.0 Å². The lowest BCUT2D eigenvalue weighted by atomic mass is 9.93. The smallest absolute Gasteiger partial charge is 0.227 e. The van der Waals surface area contributed by atoms with Gasteiger partial charge in [0.25, 0.3) is 0 Å². The van der Waals surface area contributed by atoms with Crippen LogP contribution in [0.5, 0.6) is 0 Å². The predicted molar refractivity (Wildman–Crippen MR) is 109 cm³/mol. The van der Waals surface area contributed by atoms with Crippen molar-refractivity contribution >= 4 is 35.3 Å². The molecule has 1 N–H and O–H groups in total. The zero-order chi connectivity index (χ0) is 16.8. The molecule has 0 radical (unpaired) electrons. The van der Waals surface area contributed by atoms with Crippen LogP contribution >= 0.6 is 23.7 Å². The topological polar surface area (TPSA) is 32.3 Å². The Hall–Kier alpha value is -1.36. The third kappa shape index (κ3) is 5.84. The van der Waals surface area contributed by atoms with Crippen LogP contribution in [0.25, 0.3) is 0 Å². The van der Waals surface area contributed by atoms with Gasteiger partial charge in [0.1, 0.15) is 0 Å². The van der Waals surface area contributed by atoms with Gasteiger partial charge in [-0.3, -0.25) is 4.79 Å². The zero-order valence-electron chi connectivity index (χ0n) is 14.7. The number of hydrogen-bond acceptors (Lipinski definition) is 3. The van der Waals surface area contributed by atoms with Crippen molar-refractivity contribution in [1.29, 1.82) is 0 Å². The summed E-state index contributed by atoms with van der Waals surface area (Å²) in [6.45, 7) is 4.93. The minimum atomic E-state index is 0. The molecule has 0 unspecified atom stereocenters. The van der Waals surface area contributed by atoms with E-state index in [1.165, 1.54) is 23.3 Å². The summed E-state index contributed by atoms with van der Waals surface area (Å²) in [5, 5.41) is 5.46. The van der Waals surface area contributed by atoms with Gasteiger partial charge in [0.05, 0.1) is 6.54 Å². The van der Waals surface area contributed by atoms with Gasteiger partial charge in [0.15, 0.2) is 0 Å². The summed E-state index contributed by atoms with van der Waals surface area (Å²) in [5.41, 5.74) is 2.22. The lowest BCUT2D eigenvalue weighted by Gasteiger charge is -2.25. The van der Waals surface area contributed by atoms with Gasteiger partial charge in [-0.25, -0.2) is 0 Å². The number of halogens is 1. The maximum atomic E-state index is 12.9. The third-order valence-corrected chi connectivity index (χ3v) is 5.63. The largest absolute Gasteiger partial charge is 0.317 e. The first-order valence-electron chi connectivity index (χ1n) is 8.82. The summed E-state index contributed by atoms with van der Waals surface area (Å²) in [7, 11) is 0. The van der Waals surface area contributed by atoms with Crippen LogP contribution in [0.3, 0.4) is 0 Å². The Balaban J connectivity index is 0.00000225. The molecular formula is C20H27ClN2OS. The molecule has 25 heavy (non-hydrogen) atoms. The molecule has 2 heterocycles. The van der Waals surface area contributed by atoms with Crippen LogP contribution in [0, 0.1) is 12.8 Å². The second kappa shape index (κ2) is 9.95. The standard InChI is InChI=1S/C20H26N2OS.ClH/c1-16-4-7-18(8-5-16)22(15-19-3-2-14-24-19)20(23)9-6-17-10-12-21-13-11-17;/h2-5,7-8,14,17,21H,6,9-13,15H2,1H3;1H. The molecule has 3 nitrogen and oxygen atoms in total. The van der Waals surface area contributed by atoms with Crippen LogP contribution in [0.15, 0.2) is 41.8 Å². The monoisotopic (exact) mass is 378 g/mol. The Labute approximate surface area is 160 Å². The molecule has 0 bridgehead atoms. The molecule has 1 fully saturated rings. The molecule has 1 aliphatic heterocycles. The van der Waals surface area contributed by atoms with Crippen molar-refractivity contribution in [2.24, 2.45) is 5.92 Å². The van der Waals surface area contributed by atoms with Crippen LogP contribution in [0.2, 0.25) is 0 Å². The second-order valence-electron chi connectivity index (χ2n) is 6.63. The lowest BCUT2D eigenvalue weighted by molar-refractivity contribution is -0.119. The van der Waals surface area contributed by atoms with Crippen LogP contribution in [-0.4, -0.2) is 19.0 Å². The van der Waals surface area contributed by atoms with Gasteiger partial charge in [-0.1, -0.05) is 23.8 Å². The molecule has 1 aromatic heterocycles. The summed E-state index contributed by atoms with van der Waals surface area (Å²) in [6.07, 6.45) is 4.04. The van der Waals surface area contributed by atoms with Gasteiger partial charge >= 0.3 is 0 Å². The number of carbonyl (C=O) groups excluding carboxylic acids is 1. The van der Waals surface area contributed by atoms with E-state index < -0.39 is 0 Å². The minimum absolute atomic E-state index is 0. The molecule has 0 saturated carbocycles. The fourth-order valence-corrected chi connectivity index (χ4v) is 3.93. The van der Waals surface area contributed by atoms with Crippen molar-refractivity contribution in [1.82, 2.24) is 5.32 Å². The molecule has 5 heteroatoms. The van der Waals surface area contributed by atoms with Crippen molar-refractivity contribution < 1.29 is 4.79 Å². The van der Waals surface area contributed by atoms with Gasteiger partial charge in [-0.2, -0.15) is 0 Å². The molecule has 1 aliphatic rings. The summed E-state index contributed by atoms with van der Waals surface area (Å²) >= 11 is 1.71. The number of nitrogens with one attached hydrogen (secondary N) is 1. The van der Waals surface area contributed by atoms with Crippen LogP contribution in [0.4, 0.5) is 5.69 Å². The van der Waals surface area contributed by atoms with Crippen molar-refractivity contribution in [2.75, 3.05) is 18.0 Å². The molecule has 1 aromatic carbocycles. The molecule has 1 saturated heterocycles. The Morgan fingerprint density at radius 1 is 1.20 bits per heavy atom. The number of nitrogens with zero attached hydrogens (tertiary/aromatic N) is 1. The summed E-state index contributed by atoms with van der Waals surface area (Å²) in [4.78, 5) is 16.1. The number of piperidine rings is 1. The number of anilines is 1. The Kier molecular flexibility index (Phi) is 7.94. The van der Waals surface area contributed by atoms with E-state index >= 15 is 0 Å². The maximum absolute atomic E-state index is 12.9. The molecule has 0 atom stereocenters. The van der Waals surface area contributed by atoms with E-state index in [1.807, 2.05) is 11.0 Å². The number of thiophene rings is 1. The Morgan fingerprint density at radius 2 is 1.92 bits per heavy atom. The normalized spacial score (nSPS) is 14.8. The average Bonchev–Trinajstić information content (AvgIpc) is 3.13. The third-order valence-electron chi connectivity index (χ3n) is 4.77. The van der Waals surface area contributed by atoms with E-state index in [2.05, 4.69) is 48.0 Å². The van der Waals surface area contributed by atoms with Gasteiger partial charge in [0.2, 0.25) is 5.91 Å². The first-order valence-corrected chi connectivity index (χ1v) is 9.70. The van der Waals surface area contributed by atoms with Gasteiger partial charge < -0.3 is 10.2 Å². The number of carbonyl (C=O) groups is 1. The SMILES string of the molecule is Cc1ccc(N(Cc2cccs2)C(=O)CCC2CCNCC2)cc1.Cl. The summed E-state index contributed by atoms with van der Waals surface area (Å²) in [5.74, 6) is 0.933. The summed E-state index contributed by atoms with van der Waals surface area (Å²) < 4.78 is 0. The van der Waals surface area contributed by atoms with E-state index in [0.717, 1.165) is 25.2 Å². The van der Waals surface area contributed by atoms with Crippen molar-refractivity contribution in [3.63, 3.8) is 0 Å². The Bertz CT molecular complexity index is 636. The highest BCUT2D eigenvalue weighted by Gasteiger charge is 2.20. The number of benzene rings is 1. The van der Waals surface area contributed by atoms with Crippen LogP contribution in [0.1, 0.15) is 36.1 Å². The number of rotatable bonds is 6. The first kappa shape index (κ1) is 20.0. The van der Waals surface area contributed by atoms with E-state index in [1.54, 1.807) is 11.3 Å². The quantitative estimate of drug-likeness (QED) is 0.783. The molecule has 0 aliphatic carbocycles. The number of hydrogen-bond donors (Lipinski definition) is 1. The zero-order valence-corrected chi connectivity index (χ0v) is 16.4. The van der Waals surface area contributed by atoms with E-state index in [4.69, 9.17) is 0 Å². The van der Waals surface area contributed by atoms with Crippen molar-refractivity contribution in [3.8, 4) is 0 Å². The van der Waals surface area contributed by atoms with E-state index in [9.17, 15) is 4.79 Å². The molecule has 0 spiro atoms. The highest BCUT2D eigenvalue weighted by Crippen LogP contribution is 2.24. The van der Waals surface area contributed by atoms with Crippen molar-refractivity contribution in [3.05, 3.63) is 52.2 Å². The molecular weight excluding hydrogens is 352 g/mol. The van der Waals surface area contributed by atoms with Gasteiger partial charge in [-0.05, 0) is 68.8 Å². The van der Waals surface area contributed by atoms with Crippen LogP contribution < -0.4 is 10.2 Å². The van der Waals surface area contributed by atoms with Crippen molar-refractivity contribution in [2.45, 2.75) is 39.2 Å². The average molecular weight is 379 g/mol. The molecule has 2 aromatic rings. The molecule has 1 amide bonds. The summed E-state index contributed by atoms with van der Waals surface area (Å²) in [6, 6.07) is 12.4. The fourth-order valence-electron chi connectivity index (χ4n) is 3.24. The molecule has 136 valence electrons. The number of aryl methyl sites for hydroxylation is 1. The molecule has 3 rings (SSSR count). The highest BCUT2D eigenvalue weighted by molar-refractivity contribution is 7.09. The van der Waals surface area contributed by atoms with E-state index in [-0.39, 0.29) is 18.3 Å². The lowest BCUT2D eigenvalue weighted by Crippen LogP contribution is -2.32. The maximum Gasteiger partial charge on any atom is 0.227 e. The van der Waals surface area contributed by atoms with E-state index in [0.29, 0.717) is 18.9 Å². The minimum Gasteiger partial charge on any atom is -0.317 e. The Morgan fingerprint density at radius 3 is 2.56 bits per heavy atom. The number of amides is 1.